The largest absolute Gasteiger partial charge is 0.356 e. The molecule has 1 saturated heterocycles. The lowest BCUT2D eigenvalue weighted by Gasteiger charge is -2.23. The van der Waals surface area contributed by atoms with E-state index < -0.39 is 11.6 Å². The highest BCUT2D eigenvalue weighted by Gasteiger charge is 2.20. The van der Waals surface area contributed by atoms with Crippen molar-refractivity contribution in [1.29, 1.82) is 0 Å². The predicted molar refractivity (Wildman–Crippen MR) is 138 cm³/mol. The first-order valence-corrected chi connectivity index (χ1v) is 12.4. The first kappa shape index (κ1) is 23.3. The summed E-state index contributed by atoms with van der Waals surface area (Å²) in [5.74, 6) is -0.754. The number of hydrogen-bond donors (Lipinski definition) is 2. The fraction of sp³-hybridized carbons (Fsp3) is 0.250. The number of rotatable bonds is 6. The van der Waals surface area contributed by atoms with Gasteiger partial charge in [0, 0.05) is 41.4 Å². The van der Waals surface area contributed by atoms with Crippen LogP contribution in [-0.4, -0.2) is 31.3 Å². The van der Waals surface area contributed by atoms with Gasteiger partial charge < -0.3 is 15.0 Å². The van der Waals surface area contributed by atoms with Crippen LogP contribution in [0, 0.1) is 18.6 Å². The van der Waals surface area contributed by atoms with Crippen molar-refractivity contribution in [2.45, 2.75) is 39.0 Å². The summed E-state index contributed by atoms with van der Waals surface area (Å²) in [5, 5.41) is 8.72. The number of halogens is 2. The van der Waals surface area contributed by atoms with Crippen LogP contribution in [0.1, 0.15) is 36.7 Å². The van der Waals surface area contributed by atoms with Crippen molar-refractivity contribution < 1.29 is 13.5 Å². The van der Waals surface area contributed by atoms with Gasteiger partial charge in [-0.2, -0.15) is 5.10 Å². The van der Waals surface area contributed by atoms with Crippen LogP contribution in [0.2, 0.25) is 0 Å². The molecule has 0 bridgehead atoms. The molecule has 9 heteroatoms. The topological polar surface area (TPSA) is 80.7 Å². The number of imidazole rings is 1. The van der Waals surface area contributed by atoms with Crippen LogP contribution in [-0.2, 0) is 11.3 Å². The van der Waals surface area contributed by atoms with E-state index in [0.29, 0.717) is 17.2 Å². The normalized spacial score (nSPS) is 15.8. The molecule has 0 spiro atoms. The molecule has 3 aromatic heterocycles. The summed E-state index contributed by atoms with van der Waals surface area (Å²) in [6.07, 6.45) is 4.97. The van der Waals surface area contributed by atoms with Crippen LogP contribution in [0.3, 0.4) is 0 Å². The third kappa shape index (κ3) is 4.70. The van der Waals surface area contributed by atoms with E-state index in [4.69, 9.17) is 9.72 Å². The molecule has 1 aliphatic rings. The van der Waals surface area contributed by atoms with Crippen LogP contribution in [0.4, 0.5) is 14.7 Å². The van der Waals surface area contributed by atoms with E-state index in [-0.39, 0.29) is 12.8 Å². The Morgan fingerprint density at radius 2 is 2.00 bits per heavy atom. The van der Waals surface area contributed by atoms with E-state index in [2.05, 4.69) is 26.4 Å². The van der Waals surface area contributed by atoms with Gasteiger partial charge in [-0.05, 0) is 56.5 Å². The van der Waals surface area contributed by atoms with Gasteiger partial charge in [-0.25, -0.2) is 18.4 Å². The number of nitrogens with zero attached hydrogens (tertiary/aromatic N) is 4. The third-order valence-electron chi connectivity index (χ3n) is 6.61. The Hall–Kier alpha value is -4.11. The molecule has 2 aromatic carbocycles. The Bertz CT molecular complexity index is 1570. The Morgan fingerprint density at radius 3 is 2.81 bits per heavy atom. The van der Waals surface area contributed by atoms with Crippen molar-refractivity contribution in [2.24, 2.45) is 0 Å². The summed E-state index contributed by atoms with van der Waals surface area (Å²) >= 11 is 0. The molecule has 5 aromatic rings. The van der Waals surface area contributed by atoms with Gasteiger partial charge in [0.15, 0.2) is 6.23 Å². The van der Waals surface area contributed by atoms with E-state index >= 15 is 0 Å². The van der Waals surface area contributed by atoms with E-state index in [9.17, 15) is 8.78 Å². The molecule has 0 saturated carbocycles. The number of ether oxygens (including phenoxy) is 1. The molecule has 0 radical (unpaired) electrons. The first-order chi connectivity index (χ1) is 18.0. The highest BCUT2D eigenvalue weighted by Crippen LogP contribution is 2.34. The van der Waals surface area contributed by atoms with Crippen molar-refractivity contribution in [3.8, 4) is 22.6 Å². The summed E-state index contributed by atoms with van der Waals surface area (Å²) in [6, 6.07) is 15.5. The van der Waals surface area contributed by atoms with Crippen LogP contribution >= 0.6 is 0 Å². The molecule has 7 nitrogen and oxygen atoms in total. The van der Waals surface area contributed by atoms with Gasteiger partial charge >= 0.3 is 0 Å². The molecule has 1 unspecified atom stereocenters. The molecule has 4 heterocycles. The molecule has 1 fully saturated rings. The van der Waals surface area contributed by atoms with Crippen molar-refractivity contribution >= 4 is 16.9 Å². The maximum atomic E-state index is 14.2. The second-order valence-electron chi connectivity index (χ2n) is 9.25. The minimum absolute atomic E-state index is 0.0443. The van der Waals surface area contributed by atoms with Crippen LogP contribution in [0.15, 0.2) is 60.8 Å². The minimum Gasteiger partial charge on any atom is -0.356 e. The molecule has 37 heavy (non-hydrogen) atoms. The highest BCUT2D eigenvalue weighted by atomic mass is 19.1. The van der Waals surface area contributed by atoms with Crippen molar-refractivity contribution in [2.75, 3.05) is 11.9 Å². The summed E-state index contributed by atoms with van der Waals surface area (Å²) in [5.41, 5.74) is 5.32. The Morgan fingerprint density at radius 1 is 1.08 bits per heavy atom. The van der Waals surface area contributed by atoms with E-state index in [0.717, 1.165) is 65.5 Å². The number of H-pyrrole nitrogens is 1. The van der Waals surface area contributed by atoms with E-state index in [1.54, 1.807) is 0 Å². The number of benzene rings is 2. The third-order valence-corrected chi connectivity index (χ3v) is 6.61. The van der Waals surface area contributed by atoms with Crippen molar-refractivity contribution in [3.63, 3.8) is 0 Å². The number of fused-ring (bicyclic) bond motifs is 1. The van der Waals surface area contributed by atoms with Gasteiger partial charge in [0.05, 0.1) is 28.8 Å². The fourth-order valence-electron chi connectivity index (χ4n) is 4.72. The molecule has 188 valence electrons. The molecule has 0 aliphatic carbocycles. The summed E-state index contributed by atoms with van der Waals surface area (Å²) in [6.45, 7) is 2.83. The number of aryl methyl sites for hydroxylation is 1. The molecular formula is C28H26F2N6O. The van der Waals surface area contributed by atoms with Crippen LogP contribution in [0.25, 0.3) is 33.5 Å². The highest BCUT2D eigenvalue weighted by molar-refractivity contribution is 5.87. The number of aromatic amines is 1. The monoisotopic (exact) mass is 500 g/mol. The zero-order valence-electron chi connectivity index (χ0n) is 20.3. The Kier molecular flexibility index (Phi) is 6.13. The lowest BCUT2D eigenvalue weighted by Crippen LogP contribution is -2.18. The Balaban J connectivity index is 1.36. The predicted octanol–water partition coefficient (Wildman–Crippen LogP) is 6.39. The molecule has 6 rings (SSSR count). The van der Waals surface area contributed by atoms with E-state index in [1.165, 1.54) is 12.1 Å². The zero-order valence-corrected chi connectivity index (χ0v) is 20.3. The smallest absolute Gasteiger partial charge is 0.201 e. The maximum Gasteiger partial charge on any atom is 0.201 e. The van der Waals surface area contributed by atoms with Crippen LogP contribution in [0.5, 0.6) is 0 Å². The minimum atomic E-state index is -0.608. The number of aromatic nitrogens is 5. The number of anilines is 1. The lowest BCUT2D eigenvalue weighted by atomic mass is 10.1. The molecule has 0 amide bonds. The van der Waals surface area contributed by atoms with Crippen molar-refractivity contribution in [3.05, 3.63) is 83.7 Å². The molecule has 1 aliphatic heterocycles. The van der Waals surface area contributed by atoms with E-state index in [1.807, 2.05) is 48.1 Å². The summed E-state index contributed by atoms with van der Waals surface area (Å²) < 4.78 is 35.3. The van der Waals surface area contributed by atoms with Gasteiger partial charge in [-0.3, -0.25) is 4.98 Å². The van der Waals surface area contributed by atoms with Crippen LogP contribution < -0.4 is 5.32 Å². The van der Waals surface area contributed by atoms with Gasteiger partial charge in [0.1, 0.15) is 11.6 Å². The second kappa shape index (κ2) is 9.74. The lowest BCUT2D eigenvalue weighted by molar-refractivity contribution is -0.0366. The number of hydrogen-bond acceptors (Lipinski definition) is 5. The van der Waals surface area contributed by atoms with Crippen molar-refractivity contribution in [1.82, 2.24) is 24.7 Å². The molecule has 2 N–H and O–H groups in total. The number of pyridine rings is 1. The van der Waals surface area contributed by atoms with Gasteiger partial charge in [-0.1, -0.05) is 18.2 Å². The first-order valence-electron chi connectivity index (χ1n) is 12.4. The number of nitrogens with one attached hydrogen (secondary N) is 2. The molecular weight excluding hydrogens is 474 g/mol. The zero-order chi connectivity index (χ0) is 25.4. The summed E-state index contributed by atoms with van der Waals surface area (Å²) in [7, 11) is 0. The average Bonchev–Trinajstić information content (AvgIpc) is 3.53. The summed E-state index contributed by atoms with van der Waals surface area (Å²) in [4.78, 5) is 12.8. The maximum absolute atomic E-state index is 14.2. The standard InChI is InChI=1S/C28H26F2N6O/c1-17-5-4-6-23(33-17)27-26(34-28(35-27)31-15-19-8-10-21(29)14-22(19)30)18-9-11-24-20(13-18)16-32-36(24)25-7-2-3-12-37-25/h4-6,8-11,13-14,16,25H,2-3,7,12,15H2,1H3,(H2,31,34,35). The SMILES string of the molecule is Cc1cccc(-c2[nH]c(NCc3ccc(F)cc3F)nc2-c2ccc3c(cnn3C3CCCCO3)c2)n1. The average molecular weight is 501 g/mol. The van der Waals surface area contributed by atoms with Gasteiger partial charge in [0.25, 0.3) is 0 Å². The fourth-order valence-corrected chi connectivity index (χ4v) is 4.72. The van der Waals surface area contributed by atoms with Gasteiger partial charge in [0.2, 0.25) is 5.95 Å². The molecule has 1 atom stereocenters. The van der Waals surface area contributed by atoms with Gasteiger partial charge in [-0.15, -0.1) is 0 Å². The quantitative estimate of drug-likeness (QED) is 0.283. The second-order valence-corrected chi connectivity index (χ2v) is 9.25. The Labute approximate surface area is 212 Å².